The molecule has 36 heavy (non-hydrogen) atoms. The molecular formula is C25H23F5N4O2. The van der Waals surface area contributed by atoms with Gasteiger partial charge in [-0.05, 0) is 49.2 Å². The molecule has 2 atom stereocenters. The van der Waals surface area contributed by atoms with Gasteiger partial charge in [-0.1, -0.05) is 18.7 Å². The van der Waals surface area contributed by atoms with Crippen molar-refractivity contribution in [3.63, 3.8) is 0 Å². The number of rotatable bonds is 7. The summed E-state index contributed by atoms with van der Waals surface area (Å²) in [5.74, 6) is -1.93. The van der Waals surface area contributed by atoms with Gasteiger partial charge >= 0.3 is 6.18 Å². The zero-order valence-electron chi connectivity index (χ0n) is 19.2. The monoisotopic (exact) mass is 506 g/mol. The highest BCUT2D eigenvalue weighted by molar-refractivity contribution is 5.93. The number of anilines is 1. The molecule has 2 aromatic carbocycles. The molecule has 0 spiro atoms. The van der Waals surface area contributed by atoms with E-state index in [0.717, 1.165) is 24.8 Å². The standard InChI is InChI=1S/C25H23F5N4O2/c1-14-7-18(12-31-14)24(35)32-23-11-22(34(33-23)21-6-4-3-5-20(21)27)17-8-16(9-19(26)10-17)13-36-15(2)25(28,29)30/h3-6,8-11,15,18,31H,1,7,12-13H2,2H3,(H,32,33,35)/t15-,18+/m1/s1. The molecule has 0 radical (unpaired) electrons. The van der Waals surface area contributed by atoms with E-state index >= 15 is 0 Å². The number of carbonyl (C=O) groups is 1. The van der Waals surface area contributed by atoms with Gasteiger partial charge in [-0.15, -0.1) is 5.10 Å². The Labute approximate surface area is 203 Å². The molecule has 11 heteroatoms. The summed E-state index contributed by atoms with van der Waals surface area (Å²) < 4.78 is 73.6. The van der Waals surface area contributed by atoms with Crippen LogP contribution in [0.15, 0.2) is 60.8 Å². The summed E-state index contributed by atoms with van der Waals surface area (Å²) in [4.78, 5) is 12.7. The second kappa shape index (κ2) is 10.1. The minimum absolute atomic E-state index is 0.0386. The van der Waals surface area contributed by atoms with E-state index in [4.69, 9.17) is 4.74 Å². The summed E-state index contributed by atoms with van der Waals surface area (Å²) in [6.45, 7) is 4.57. The maximum atomic E-state index is 14.6. The second-order valence-corrected chi connectivity index (χ2v) is 8.50. The molecule has 0 bridgehead atoms. The van der Waals surface area contributed by atoms with Crippen LogP contribution in [0.2, 0.25) is 0 Å². The number of aromatic nitrogens is 2. The van der Waals surface area contributed by atoms with Gasteiger partial charge in [0.05, 0.1) is 18.2 Å². The fourth-order valence-electron chi connectivity index (χ4n) is 3.78. The Morgan fingerprint density at radius 1 is 1.25 bits per heavy atom. The van der Waals surface area contributed by atoms with Gasteiger partial charge in [0.1, 0.15) is 17.3 Å². The predicted molar refractivity (Wildman–Crippen MR) is 123 cm³/mol. The molecule has 6 nitrogen and oxygen atoms in total. The van der Waals surface area contributed by atoms with Gasteiger partial charge < -0.3 is 15.4 Å². The third-order valence-corrected chi connectivity index (χ3v) is 5.72. The van der Waals surface area contributed by atoms with Crippen molar-refractivity contribution >= 4 is 11.7 Å². The lowest BCUT2D eigenvalue weighted by atomic mass is 10.1. The van der Waals surface area contributed by atoms with Crippen molar-refractivity contribution in [2.45, 2.75) is 32.2 Å². The van der Waals surface area contributed by atoms with Gasteiger partial charge in [-0.2, -0.15) is 13.2 Å². The van der Waals surface area contributed by atoms with Crippen LogP contribution in [0, 0.1) is 17.6 Å². The van der Waals surface area contributed by atoms with Crippen LogP contribution in [-0.2, 0) is 16.1 Å². The summed E-state index contributed by atoms with van der Waals surface area (Å²) in [5, 5.41) is 10.0. The van der Waals surface area contributed by atoms with Crippen LogP contribution < -0.4 is 10.6 Å². The van der Waals surface area contributed by atoms with Crippen molar-refractivity contribution in [2.24, 2.45) is 5.92 Å². The van der Waals surface area contributed by atoms with Crippen molar-refractivity contribution in [3.05, 3.63) is 78.0 Å². The third kappa shape index (κ3) is 5.73. The smallest absolute Gasteiger partial charge is 0.388 e. The lowest BCUT2D eigenvalue weighted by Crippen LogP contribution is -2.28. The number of ether oxygens (including phenoxy) is 1. The Balaban J connectivity index is 1.69. The molecule has 1 saturated heterocycles. The summed E-state index contributed by atoms with van der Waals surface area (Å²) in [6.07, 6.45) is -6.15. The minimum Gasteiger partial charge on any atom is -0.388 e. The zero-order chi connectivity index (χ0) is 26.0. The van der Waals surface area contributed by atoms with Gasteiger partial charge in [-0.25, -0.2) is 13.5 Å². The summed E-state index contributed by atoms with van der Waals surface area (Å²) in [5.41, 5.74) is 1.34. The Hall–Kier alpha value is -3.73. The molecule has 3 aromatic rings. The Morgan fingerprint density at radius 2 is 2.00 bits per heavy atom. The van der Waals surface area contributed by atoms with E-state index in [1.165, 1.54) is 35.0 Å². The van der Waals surface area contributed by atoms with E-state index in [0.29, 0.717) is 13.0 Å². The van der Waals surface area contributed by atoms with E-state index in [2.05, 4.69) is 22.3 Å². The van der Waals surface area contributed by atoms with Crippen molar-refractivity contribution in [1.82, 2.24) is 15.1 Å². The number of hydrogen-bond donors (Lipinski definition) is 2. The lowest BCUT2D eigenvalue weighted by molar-refractivity contribution is -0.217. The van der Waals surface area contributed by atoms with Gasteiger partial charge in [-0.3, -0.25) is 4.79 Å². The number of alkyl halides is 3. The maximum absolute atomic E-state index is 14.6. The molecule has 1 amide bonds. The first-order valence-corrected chi connectivity index (χ1v) is 11.1. The molecule has 2 heterocycles. The Kier molecular flexibility index (Phi) is 7.11. The van der Waals surface area contributed by atoms with Gasteiger partial charge in [0.25, 0.3) is 0 Å². The van der Waals surface area contributed by atoms with Crippen molar-refractivity contribution in [3.8, 4) is 16.9 Å². The highest BCUT2D eigenvalue weighted by atomic mass is 19.4. The van der Waals surface area contributed by atoms with Crippen molar-refractivity contribution < 1.29 is 31.5 Å². The lowest BCUT2D eigenvalue weighted by Gasteiger charge is -2.17. The van der Waals surface area contributed by atoms with Crippen LogP contribution in [0.1, 0.15) is 18.9 Å². The van der Waals surface area contributed by atoms with E-state index in [1.807, 2.05) is 0 Å². The number of amides is 1. The highest BCUT2D eigenvalue weighted by Gasteiger charge is 2.37. The Bertz CT molecular complexity index is 1290. The number of benzene rings is 2. The van der Waals surface area contributed by atoms with Crippen LogP contribution in [-0.4, -0.2) is 34.5 Å². The minimum atomic E-state index is -4.56. The van der Waals surface area contributed by atoms with Crippen molar-refractivity contribution in [2.75, 3.05) is 11.9 Å². The van der Waals surface area contributed by atoms with Crippen LogP contribution in [0.4, 0.5) is 27.8 Å². The summed E-state index contributed by atoms with van der Waals surface area (Å²) >= 11 is 0. The molecule has 1 aliphatic rings. The van der Waals surface area contributed by atoms with Gasteiger partial charge in [0, 0.05) is 23.9 Å². The molecule has 0 saturated carbocycles. The van der Waals surface area contributed by atoms with Crippen LogP contribution in [0.3, 0.4) is 0 Å². The van der Waals surface area contributed by atoms with Crippen LogP contribution in [0.25, 0.3) is 16.9 Å². The predicted octanol–water partition coefficient (Wildman–Crippen LogP) is 5.35. The molecule has 0 unspecified atom stereocenters. The SMILES string of the molecule is C=C1C[C@H](C(=O)Nc2cc(-c3cc(F)cc(CO[C@H](C)C(F)(F)F)c3)n(-c3ccccc3F)n2)CN1. The molecule has 1 fully saturated rings. The summed E-state index contributed by atoms with van der Waals surface area (Å²) in [6, 6.07) is 10.8. The number of carbonyl (C=O) groups excluding carboxylic acids is 1. The first-order valence-electron chi connectivity index (χ1n) is 11.1. The fourth-order valence-corrected chi connectivity index (χ4v) is 3.78. The molecule has 1 aliphatic heterocycles. The molecular weight excluding hydrogens is 483 g/mol. The van der Waals surface area contributed by atoms with Gasteiger partial charge in [0.15, 0.2) is 11.9 Å². The average molecular weight is 506 g/mol. The van der Waals surface area contributed by atoms with E-state index in [-0.39, 0.29) is 40.2 Å². The largest absolute Gasteiger partial charge is 0.414 e. The number of halogens is 5. The van der Waals surface area contributed by atoms with Crippen molar-refractivity contribution in [1.29, 1.82) is 0 Å². The number of hydrogen-bond acceptors (Lipinski definition) is 4. The average Bonchev–Trinajstić information content (AvgIpc) is 3.43. The first kappa shape index (κ1) is 25.4. The zero-order valence-corrected chi connectivity index (χ0v) is 19.2. The molecule has 2 N–H and O–H groups in total. The number of nitrogens with zero attached hydrogens (tertiary/aromatic N) is 2. The van der Waals surface area contributed by atoms with E-state index in [1.54, 1.807) is 6.07 Å². The topological polar surface area (TPSA) is 68.2 Å². The quantitative estimate of drug-likeness (QED) is 0.424. The first-order chi connectivity index (χ1) is 17.0. The second-order valence-electron chi connectivity index (χ2n) is 8.50. The van der Waals surface area contributed by atoms with E-state index < -0.39 is 30.5 Å². The van der Waals surface area contributed by atoms with Gasteiger partial charge in [0.2, 0.25) is 5.91 Å². The summed E-state index contributed by atoms with van der Waals surface area (Å²) in [7, 11) is 0. The van der Waals surface area contributed by atoms with E-state index in [9.17, 15) is 26.7 Å². The van der Waals surface area contributed by atoms with Crippen LogP contribution >= 0.6 is 0 Å². The van der Waals surface area contributed by atoms with Crippen LogP contribution in [0.5, 0.6) is 0 Å². The maximum Gasteiger partial charge on any atom is 0.414 e. The molecule has 4 rings (SSSR count). The number of nitrogens with one attached hydrogen (secondary N) is 2. The number of para-hydroxylation sites is 1. The Morgan fingerprint density at radius 3 is 2.67 bits per heavy atom. The fraction of sp³-hybridized carbons (Fsp3) is 0.280. The third-order valence-electron chi connectivity index (χ3n) is 5.72. The molecule has 1 aromatic heterocycles. The molecule has 0 aliphatic carbocycles. The highest BCUT2D eigenvalue weighted by Crippen LogP contribution is 2.30. The number of allylic oxidation sites excluding steroid dienone is 1. The normalized spacial score (nSPS) is 16.6. The molecule has 190 valence electrons.